The second-order valence-corrected chi connectivity index (χ2v) is 10.4. The minimum Gasteiger partial charge on any atom is -0.396 e. The Hall–Kier alpha value is -2.49. The third-order valence-electron chi connectivity index (χ3n) is 5.53. The molecule has 0 radical (unpaired) electrons. The van der Waals surface area contributed by atoms with Crippen molar-refractivity contribution in [2.45, 2.75) is 39.2 Å². The summed E-state index contributed by atoms with van der Waals surface area (Å²) in [5.74, 6) is -0.230. The SMILES string of the molecule is CC(C)(C)n1nc(C(=O)N2CCC(CO)CC2)c2sc(NC(=O)c3cccc(Cl)c3)nc21. The monoisotopic (exact) mass is 475 g/mol. The van der Waals surface area contributed by atoms with Crippen LogP contribution >= 0.6 is 22.9 Å². The molecule has 1 saturated heterocycles. The van der Waals surface area contributed by atoms with Gasteiger partial charge in [0.15, 0.2) is 16.5 Å². The molecule has 8 nitrogen and oxygen atoms in total. The number of carbonyl (C=O) groups excluding carboxylic acids is 2. The number of aromatic nitrogens is 3. The molecule has 0 aliphatic carbocycles. The van der Waals surface area contributed by atoms with Crippen molar-refractivity contribution in [2.75, 3.05) is 25.0 Å². The molecule has 1 aromatic carbocycles. The summed E-state index contributed by atoms with van der Waals surface area (Å²) >= 11 is 7.24. The summed E-state index contributed by atoms with van der Waals surface area (Å²) in [6.07, 6.45) is 1.55. The number of rotatable bonds is 4. The van der Waals surface area contributed by atoms with Gasteiger partial charge in [0.25, 0.3) is 11.8 Å². The zero-order valence-electron chi connectivity index (χ0n) is 18.3. The number of nitrogens with one attached hydrogen (secondary N) is 1. The van der Waals surface area contributed by atoms with Gasteiger partial charge >= 0.3 is 0 Å². The molecule has 3 aromatic rings. The molecule has 1 fully saturated rings. The van der Waals surface area contributed by atoms with E-state index >= 15 is 0 Å². The van der Waals surface area contributed by atoms with Crippen molar-refractivity contribution in [3.63, 3.8) is 0 Å². The summed E-state index contributed by atoms with van der Waals surface area (Å²) in [7, 11) is 0. The number of amides is 2. The second-order valence-electron chi connectivity index (χ2n) is 8.99. The van der Waals surface area contributed by atoms with Crippen LogP contribution in [0.3, 0.4) is 0 Å². The normalized spacial score (nSPS) is 15.3. The topological polar surface area (TPSA) is 100 Å². The first-order chi connectivity index (χ1) is 15.2. The summed E-state index contributed by atoms with van der Waals surface area (Å²) in [6.45, 7) is 7.30. The number of nitrogens with zero attached hydrogens (tertiary/aromatic N) is 4. The highest BCUT2D eigenvalue weighted by Crippen LogP contribution is 2.33. The Morgan fingerprint density at radius 3 is 2.62 bits per heavy atom. The van der Waals surface area contributed by atoms with Gasteiger partial charge < -0.3 is 10.0 Å². The van der Waals surface area contributed by atoms with E-state index in [2.05, 4.69) is 15.4 Å². The molecule has 2 aromatic heterocycles. The van der Waals surface area contributed by atoms with Crippen LogP contribution in [0.2, 0.25) is 5.02 Å². The third kappa shape index (κ3) is 4.51. The van der Waals surface area contributed by atoms with Crippen LogP contribution in [0.5, 0.6) is 0 Å². The van der Waals surface area contributed by atoms with Crippen LogP contribution in [-0.2, 0) is 5.54 Å². The van der Waals surface area contributed by atoms with E-state index in [1.807, 2.05) is 20.8 Å². The molecule has 4 rings (SSSR count). The van der Waals surface area contributed by atoms with Crippen molar-refractivity contribution in [3.05, 3.63) is 40.5 Å². The lowest BCUT2D eigenvalue weighted by atomic mass is 9.98. The summed E-state index contributed by atoms with van der Waals surface area (Å²) < 4.78 is 2.39. The number of halogens is 1. The number of piperidine rings is 1. The van der Waals surface area contributed by atoms with E-state index in [0.717, 1.165) is 12.8 Å². The zero-order chi connectivity index (χ0) is 23.0. The van der Waals surface area contributed by atoms with Crippen LogP contribution in [0.25, 0.3) is 10.3 Å². The predicted octanol–water partition coefficient (Wildman–Crippen LogP) is 4.00. The van der Waals surface area contributed by atoms with Crippen molar-refractivity contribution in [1.29, 1.82) is 0 Å². The molecule has 32 heavy (non-hydrogen) atoms. The Morgan fingerprint density at radius 1 is 1.28 bits per heavy atom. The molecule has 0 unspecified atom stereocenters. The molecule has 3 heterocycles. The quantitative estimate of drug-likeness (QED) is 0.594. The molecule has 0 saturated carbocycles. The minimum absolute atomic E-state index is 0.147. The van der Waals surface area contributed by atoms with Crippen molar-refractivity contribution in [3.8, 4) is 0 Å². The summed E-state index contributed by atoms with van der Waals surface area (Å²) in [6, 6.07) is 6.68. The number of benzene rings is 1. The fraction of sp³-hybridized carbons (Fsp3) is 0.455. The van der Waals surface area contributed by atoms with Gasteiger partial charge in [-0.2, -0.15) is 10.1 Å². The first-order valence-corrected chi connectivity index (χ1v) is 11.7. The fourth-order valence-electron chi connectivity index (χ4n) is 3.73. The predicted molar refractivity (Wildman–Crippen MR) is 126 cm³/mol. The Morgan fingerprint density at radius 2 is 2.00 bits per heavy atom. The highest BCUT2D eigenvalue weighted by Gasteiger charge is 2.31. The van der Waals surface area contributed by atoms with Gasteiger partial charge in [-0.3, -0.25) is 14.9 Å². The van der Waals surface area contributed by atoms with Gasteiger partial charge in [0.2, 0.25) is 0 Å². The fourth-order valence-corrected chi connectivity index (χ4v) is 4.84. The van der Waals surface area contributed by atoms with Gasteiger partial charge in [0.05, 0.1) is 5.54 Å². The number of fused-ring (bicyclic) bond motifs is 1. The van der Waals surface area contributed by atoms with Crippen molar-refractivity contribution in [1.82, 2.24) is 19.7 Å². The number of hydrogen-bond donors (Lipinski definition) is 2. The molecule has 2 N–H and O–H groups in total. The van der Waals surface area contributed by atoms with E-state index in [0.29, 0.717) is 44.8 Å². The molecule has 0 spiro atoms. The molecule has 1 aliphatic heterocycles. The molecule has 0 atom stereocenters. The van der Waals surface area contributed by atoms with E-state index in [4.69, 9.17) is 11.6 Å². The van der Waals surface area contributed by atoms with E-state index in [1.165, 1.54) is 11.3 Å². The molecule has 170 valence electrons. The lowest BCUT2D eigenvalue weighted by molar-refractivity contribution is 0.0645. The minimum atomic E-state index is -0.400. The number of anilines is 1. The van der Waals surface area contributed by atoms with Gasteiger partial charge in [-0.25, -0.2) is 4.68 Å². The number of carbonyl (C=O) groups is 2. The first-order valence-electron chi connectivity index (χ1n) is 10.5. The lowest BCUT2D eigenvalue weighted by Gasteiger charge is -2.30. The average Bonchev–Trinajstić information content (AvgIpc) is 3.31. The Balaban J connectivity index is 1.66. The van der Waals surface area contributed by atoms with Gasteiger partial charge in [0.1, 0.15) is 4.70 Å². The van der Waals surface area contributed by atoms with E-state index in [9.17, 15) is 14.7 Å². The van der Waals surface area contributed by atoms with Crippen molar-refractivity contribution in [2.24, 2.45) is 5.92 Å². The van der Waals surface area contributed by atoms with Crippen molar-refractivity contribution >= 4 is 50.2 Å². The van der Waals surface area contributed by atoms with Crippen LogP contribution < -0.4 is 5.32 Å². The van der Waals surface area contributed by atoms with Crippen LogP contribution in [0, 0.1) is 5.92 Å². The second kappa shape index (κ2) is 8.80. The maximum Gasteiger partial charge on any atom is 0.275 e. The van der Waals surface area contributed by atoms with E-state index < -0.39 is 5.54 Å². The number of hydrogen-bond acceptors (Lipinski definition) is 6. The largest absolute Gasteiger partial charge is 0.396 e. The number of thiazole rings is 1. The summed E-state index contributed by atoms with van der Waals surface area (Å²) in [5, 5.41) is 17.7. The summed E-state index contributed by atoms with van der Waals surface area (Å²) in [5.41, 5.74) is 0.941. The van der Waals surface area contributed by atoms with Crippen LogP contribution in [0.4, 0.5) is 5.13 Å². The highest BCUT2D eigenvalue weighted by molar-refractivity contribution is 7.22. The molecular formula is C22H26ClN5O3S. The standard InChI is InChI=1S/C22H26ClN5O3S/c1-22(2,3)28-18-17(16(26-28)20(31)27-9-7-13(12-29)8-10-27)32-21(24-18)25-19(30)14-5-4-6-15(23)11-14/h4-6,11,13,29H,7-10,12H2,1-3H3,(H,24,25,30). The Kier molecular flexibility index (Phi) is 6.24. The van der Waals surface area contributed by atoms with Crippen molar-refractivity contribution < 1.29 is 14.7 Å². The molecule has 10 heteroatoms. The van der Waals surface area contributed by atoms with Crippen LogP contribution in [0.1, 0.15) is 54.5 Å². The summed E-state index contributed by atoms with van der Waals surface area (Å²) in [4.78, 5) is 32.3. The smallest absolute Gasteiger partial charge is 0.275 e. The van der Waals surface area contributed by atoms with E-state index in [1.54, 1.807) is 33.8 Å². The number of aliphatic hydroxyl groups is 1. The van der Waals surface area contributed by atoms with Crippen LogP contribution in [-0.4, -0.2) is 56.3 Å². The molecule has 1 aliphatic rings. The van der Waals surface area contributed by atoms with Gasteiger partial charge in [-0.05, 0) is 57.7 Å². The first kappa shape index (κ1) is 22.7. The third-order valence-corrected chi connectivity index (χ3v) is 6.73. The zero-order valence-corrected chi connectivity index (χ0v) is 19.8. The molecule has 0 bridgehead atoms. The van der Waals surface area contributed by atoms with Gasteiger partial charge in [-0.1, -0.05) is 29.0 Å². The maximum atomic E-state index is 13.3. The Bertz CT molecular complexity index is 1160. The Labute approximate surface area is 195 Å². The van der Waals surface area contributed by atoms with E-state index in [-0.39, 0.29) is 24.3 Å². The molecular weight excluding hydrogens is 450 g/mol. The number of likely N-dealkylation sites (tertiary alicyclic amines) is 1. The lowest BCUT2D eigenvalue weighted by Crippen LogP contribution is -2.39. The molecule has 2 amide bonds. The maximum absolute atomic E-state index is 13.3. The van der Waals surface area contributed by atoms with Gasteiger partial charge in [-0.15, -0.1) is 0 Å². The number of aliphatic hydroxyl groups excluding tert-OH is 1. The van der Waals surface area contributed by atoms with Crippen LogP contribution in [0.15, 0.2) is 24.3 Å². The average molecular weight is 476 g/mol. The highest BCUT2D eigenvalue weighted by atomic mass is 35.5. The van der Waals surface area contributed by atoms with Gasteiger partial charge in [0, 0.05) is 30.3 Å².